The maximum atomic E-state index is 4.96. The van der Waals surface area contributed by atoms with Crippen molar-refractivity contribution >= 4 is 39.7 Å². The third-order valence-electron chi connectivity index (χ3n) is 4.27. The van der Waals surface area contributed by atoms with E-state index in [1.807, 2.05) is 12.1 Å². The predicted molar refractivity (Wildman–Crippen MR) is 109 cm³/mol. The first-order valence-corrected chi connectivity index (χ1v) is 9.11. The molecule has 0 aliphatic carbocycles. The van der Waals surface area contributed by atoms with Crippen LogP contribution in [0.3, 0.4) is 0 Å². The monoisotopic (exact) mass is 424 g/mol. The normalized spacial score (nSPS) is 16.5. The van der Waals surface area contributed by atoms with Crippen LogP contribution in [-0.2, 0) is 0 Å². The van der Waals surface area contributed by atoms with Gasteiger partial charge in [-0.2, -0.15) is 0 Å². The molecule has 0 amide bonds. The van der Waals surface area contributed by atoms with Gasteiger partial charge < -0.3 is 5.32 Å². The van der Waals surface area contributed by atoms with Gasteiger partial charge in [0.15, 0.2) is 0 Å². The molecule has 118 valence electrons. The van der Waals surface area contributed by atoms with Gasteiger partial charge in [0.1, 0.15) is 0 Å². The lowest BCUT2D eigenvalue weighted by atomic mass is 9.97. The van der Waals surface area contributed by atoms with Crippen LogP contribution in [0.5, 0.6) is 0 Å². The molecule has 3 aromatic rings. The highest BCUT2D eigenvalue weighted by molar-refractivity contribution is 14.1. The van der Waals surface area contributed by atoms with Crippen molar-refractivity contribution < 1.29 is 0 Å². The average molecular weight is 424 g/mol. The molecule has 0 saturated heterocycles. The van der Waals surface area contributed by atoms with Crippen molar-refractivity contribution in [3.05, 3.63) is 93.6 Å². The number of hydrogen-bond donors (Lipinski definition) is 1. The molecule has 2 nitrogen and oxygen atoms in total. The van der Waals surface area contributed by atoms with Crippen molar-refractivity contribution in [3.63, 3.8) is 0 Å². The third kappa shape index (κ3) is 3.22. The van der Waals surface area contributed by atoms with Crippen LogP contribution in [0.25, 0.3) is 0 Å². The summed E-state index contributed by atoms with van der Waals surface area (Å²) in [6.07, 6.45) is 0.860. The van der Waals surface area contributed by atoms with Gasteiger partial charge in [-0.15, -0.1) is 0 Å². The van der Waals surface area contributed by atoms with Gasteiger partial charge in [0.05, 0.1) is 23.1 Å². The van der Waals surface area contributed by atoms with E-state index in [1.165, 1.54) is 14.7 Å². The van der Waals surface area contributed by atoms with Crippen LogP contribution in [0.15, 0.2) is 83.9 Å². The smallest absolute Gasteiger partial charge is 0.0864 e. The Morgan fingerprint density at radius 1 is 0.833 bits per heavy atom. The van der Waals surface area contributed by atoms with Crippen LogP contribution in [0.2, 0.25) is 0 Å². The van der Waals surface area contributed by atoms with Crippen molar-refractivity contribution in [2.45, 2.75) is 12.5 Å². The van der Waals surface area contributed by atoms with E-state index in [9.17, 15) is 0 Å². The second-order valence-electron chi connectivity index (χ2n) is 5.89. The second kappa shape index (κ2) is 6.77. The van der Waals surface area contributed by atoms with Crippen LogP contribution in [0, 0.1) is 3.57 Å². The number of anilines is 1. The minimum Gasteiger partial charge on any atom is -0.376 e. The first kappa shape index (κ1) is 15.4. The number of rotatable bonds is 2. The molecule has 0 bridgehead atoms. The van der Waals surface area contributed by atoms with E-state index in [2.05, 4.69) is 94.6 Å². The number of nitrogens with zero attached hydrogens (tertiary/aromatic N) is 1. The topological polar surface area (TPSA) is 24.4 Å². The van der Waals surface area contributed by atoms with Crippen LogP contribution < -0.4 is 5.32 Å². The van der Waals surface area contributed by atoms with Gasteiger partial charge in [-0.05, 0) is 58.0 Å². The number of hydrogen-bond acceptors (Lipinski definition) is 2. The molecule has 1 aliphatic rings. The molecule has 1 unspecified atom stereocenters. The molecule has 1 atom stereocenters. The Morgan fingerprint density at radius 3 is 2.33 bits per heavy atom. The first-order chi connectivity index (χ1) is 11.8. The molecule has 0 saturated carbocycles. The lowest BCUT2D eigenvalue weighted by molar-refractivity contribution is 0.828. The summed E-state index contributed by atoms with van der Waals surface area (Å²) in [5.74, 6) is 0. The van der Waals surface area contributed by atoms with Crippen LogP contribution >= 0.6 is 22.6 Å². The second-order valence-corrected chi connectivity index (χ2v) is 7.14. The Labute approximate surface area is 155 Å². The molecule has 1 N–H and O–H groups in total. The van der Waals surface area contributed by atoms with Crippen molar-refractivity contribution in [3.8, 4) is 0 Å². The van der Waals surface area contributed by atoms with E-state index in [4.69, 9.17) is 4.99 Å². The average Bonchev–Trinajstić information content (AvgIpc) is 2.83. The highest BCUT2D eigenvalue weighted by Gasteiger charge is 2.20. The van der Waals surface area contributed by atoms with Gasteiger partial charge in [-0.1, -0.05) is 54.6 Å². The van der Waals surface area contributed by atoms with E-state index < -0.39 is 0 Å². The van der Waals surface area contributed by atoms with E-state index in [0.717, 1.165) is 23.5 Å². The lowest BCUT2D eigenvalue weighted by Crippen LogP contribution is -2.14. The Hall–Kier alpha value is -2.14. The first-order valence-electron chi connectivity index (χ1n) is 8.03. The molecule has 3 heteroatoms. The summed E-state index contributed by atoms with van der Waals surface area (Å²) in [5.41, 5.74) is 5.69. The molecule has 0 fully saturated rings. The molecule has 24 heavy (non-hydrogen) atoms. The summed E-state index contributed by atoms with van der Waals surface area (Å²) in [6, 6.07) is 27.7. The molecule has 0 radical (unpaired) electrons. The minimum atomic E-state index is 0.213. The summed E-state index contributed by atoms with van der Waals surface area (Å²) in [7, 11) is 0. The van der Waals surface area contributed by atoms with Crippen molar-refractivity contribution in [2.75, 3.05) is 5.32 Å². The minimum absolute atomic E-state index is 0.213. The van der Waals surface area contributed by atoms with Gasteiger partial charge in [0.2, 0.25) is 0 Å². The van der Waals surface area contributed by atoms with E-state index in [1.54, 1.807) is 0 Å². The fourth-order valence-electron chi connectivity index (χ4n) is 3.03. The van der Waals surface area contributed by atoms with Crippen molar-refractivity contribution in [2.24, 2.45) is 4.99 Å². The Bertz CT molecular complexity index is 870. The van der Waals surface area contributed by atoms with Crippen molar-refractivity contribution in [1.82, 2.24) is 0 Å². The summed E-state index contributed by atoms with van der Waals surface area (Å²) in [6.45, 7) is 0. The van der Waals surface area contributed by atoms with Crippen LogP contribution in [-0.4, -0.2) is 5.71 Å². The zero-order valence-corrected chi connectivity index (χ0v) is 15.3. The number of para-hydroxylation sites is 2. The van der Waals surface area contributed by atoms with Gasteiger partial charge in [0.25, 0.3) is 0 Å². The standard InChI is InChI=1S/C21H17IN2/c22-17-12-10-16(11-13-17)21-14-20(15-6-2-1-3-7-15)23-18-8-4-5-9-19(18)24-21/h1-13,21,24H,14H2. The summed E-state index contributed by atoms with van der Waals surface area (Å²) >= 11 is 2.34. The fraction of sp³-hybridized carbons (Fsp3) is 0.0952. The zero-order chi connectivity index (χ0) is 16.4. The summed E-state index contributed by atoms with van der Waals surface area (Å²) in [4.78, 5) is 4.96. The molecule has 4 rings (SSSR count). The largest absolute Gasteiger partial charge is 0.376 e. The maximum absolute atomic E-state index is 4.96. The molecule has 1 heterocycles. The fourth-order valence-corrected chi connectivity index (χ4v) is 3.39. The number of fused-ring (bicyclic) bond motifs is 1. The van der Waals surface area contributed by atoms with Crippen LogP contribution in [0.4, 0.5) is 11.4 Å². The molecular weight excluding hydrogens is 407 g/mol. The van der Waals surface area contributed by atoms with E-state index in [0.29, 0.717) is 0 Å². The molecule has 3 aromatic carbocycles. The van der Waals surface area contributed by atoms with Gasteiger partial charge in [-0.3, -0.25) is 4.99 Å². The maximum Gasteiger partial charge on any atom is 0.0864 e. The van der Waals surface area contributed by atoms with Gasteiger partial charge in [0, 0.05) is 9.99 Å². The Morgan fingerprint density at radius 2 is 1.54 bits per heavy atom. The SMILES string of the molecule is Ic1ccc(C2CC(c3ccccc3)=Nc3ccccc3N2)cc1. The van der Waals surface area contributed by atoms with Crippen molar-refractivity contribution in [1.29, 1.82) is 0 Å². The quantitative estimate of drug-likeness (QED) is 0.504. The molecule has 0 aromatic heterocycles. The highest BCUT2D eigenvalue weighted by Crippen LogP contribution is 2.35. The summed E-state index contributed by atoms with van der Waals surface area (Å²) < 4.78 is 1.25. The predicted octanol–water partition coefficient (Wildman–Crippen LogP) is 5.97. The number of benzene rings is 3. The van der Waals surface area contributed by atoms with E-state index in [-0.39, 0.29) is 6.04 Å². The summed E-state index contributed by atoms with van der Waals surface area (Å²) in [5, 5.41) is 3.68. The number of halogens is 1. The third-order valence-corrected chi connectivity index (χ3v) is 4.99. The molecule has 0 spiro atoms. The zero-order valence-electron chi connectivity index (χ0n) is 13.1. The lowest BCUT2D eigenvalue weighted by Gasteiger charge is -2.19. The molecule has 1 aliphatic heterocycles. The Balaban J connectivity index is 1.79. The van der Waals surface area contributed by atoms with Gasteiger partial charge in [-0.25, -0.2) is 0 Å². The van der Waals surface area contributed by atoms with E-state index >= 15 is 0 Å². The number of aliphatic imine (C=N–C) groups is 1. The molecular formula is C21H17IN2. The van der Waals surface area contributed by atoms with Gasteiger partial charge >= 0.3 is 0 Å². The number of nitrogens with one attached hydrogen (secondary N) is 1. The Kier molecular flexibility index (Phi) is 4.34. The highest BCUT2D eigenvalue weighted by atomic mass is 127. The van der Waals surface area contributed by atoms with Crippen LogP contribution in [0.1, 0.15) is 23.6 Å².